The van der Waals surface area contributed by atoms with Crippen LogP contribution in [0.3, 0.4) is 0 Å². The second-order valence-corrected chi connectivity index (χ2v) is 6.52. The minimum absolute atomic E-state index is 0.0476. The van der Waals surface area contributed by atoms with Crippen LogP contribution in [0.2, 0.25) is 0 Å². The molecule has 0 bridgehead atoms. The summed E-state index contributed by atoms with van der Waals surface area (Å²) >= 11 is 0. The molecule has 2 fully saturated rings. The van der Waals surface area contributed by atoms with E-state index in [1.807, 2.05) is 18.2 Å². The highest BCUT2D eigenvalue weighted by Crippen LogP contribution is 2.27. The third-order valence-electron chi connectivity index (χ3n) is 4.61. The lowest BCUT2D eigenvalue weighted by atomic mass is 10.0. The first kappa shape index (κ1) is 16.3. The monoisotopic (exact) mass is 343 g/mol. The van der Waals surface area contributed by atoms with E-state index in [1.54, 1.807) is 29.7 Å². The molecule has 0 unspecified atom stereocenters. The van der Waals surface area contributed by atoms with E-state index in [-0.39, 0.29) is 12.5 Å². The third kappa shape index (κ3) is 3.58. The molecule has 2 aromatic rings. The highest BCUT2D eigenvalue weighted by atomic mass is 16.6. The summed E-state index contributed by atoms with van der Waals surface area (Å²) in [7, 11) is 0. The van der Waals surface area contributed by atoms with Gasteiger partial charge in [0.2, 0.25) is 0 Å². The number of carbonyl (C=O) groups is 1. The molecule has 2 aliphatic heterocycles. The van der Waals surface area contributed by atoms with Crippen molar-refractivity contribution in [2.24, 2.45) is 0 Å². The van der Waals surface area contributed by atoms with Crippen molar-refractivity contribution in [2.75, 3.05) is 44.4 Å². The first-order valence-electron chi connectivity index (χ1n) is 8.41. The lowest BCUT2D eigenvalue weighted by Gasteiger charge is -2.42. The minimum Gasteiger partial charge on any atom is -0.470 e. The molecule has 0 saturated carbocycles. The Morgan fingerprint density at radius 3 is 3.00 bits per heavy atom. The number of morpholine rings is 1. The number of furan rings is 1. The molecular formula is C18H21N3O4. The Labute approximate surface area is 146 Å². The molecule has 1 amide bonds. The van der Waals surface area contributed by atoms with Crippen molar-refractivity contribution in [2.45, 2.75) is 12.1 Å². The average molecular weight is 343 g/mol. The molecule has 2 aliphatic rings. The van der Waals surface area contributed by atoms with Crippen molar-refractivity contribution in [1.82, 2.24) is 9.88 Å². The molecule has 7 nitrogen and oxygen atoms in total. The predicted octanol–water partition coefficient (Wildman–Crippen LogP) is 1.31. The van der Waals surface area contributed by atoms with Crippen LogP contribution in [-0.4, -0.2) is 60.8 Å². The number of hydrogen-bond acceptors (Lipinski definition) is 6. The third-order valence-corrected chi connectivity index (χ3v) is 4.61. The lowest BCUT2D eigenvalue weighted by molar-refractivity contribution is -0.146. The van der Waals surface area contributed by atoms with Crippen LogP contribution in [-0.2, 0) is 20.8 Å². The van der Waals surface area contributed by atoms with Gasteiger partial charge in [-0.15, -0.1) is 0 Å². The number of anilines is 1. The average Bonchev–Trinajstić information content (AvgIpc) is 3.09. The molecule has 4 heterocycles. The number of nitrogens with zero attached hydrogens (tertiary/aromatic N) is 3. The maximum absolute atomic E-state index is 12.3. The van der Waals surface area contributed by atoms with Crippen LogP contribution < -0.4 is 4.90 Å². The zero-order chi connectivity index (χ0) is 17.1. The van der Waals surface area contributed by atoms with Gasteiger partial charge in [0, 0.05) is 31.9 Å². The molecule has 0 N–H and O–H groups in total. The Bertz CT molecular complexity index is 706. The van der Waals surface area contributed by atoms with Crippen molar-refractivity contribution in [3.63, 3.8) is 0 Å². The van der Waals surface area contributed by atoms with Crippen molar-refractivity contribution in [3.05, 3.63) is 48.7 Å². The Kier molecular flexibility index (Phi) is 4.52. The van der Waals surface area contributed by atoms with E-state index in [0.29, 0.717) is 26.3 Å². The summed E-state index contributed by atoms with van der Waals surface area (Å²) in [6.45, 7) is 3.82. The number of pyridine rings is 1. The Morgan fingerprint density at radius 1 is 1.24 bits per heavy atom. The number of ether oxygens (including phenoxy) is 2. The quantitative estimate of drug-likeness (QED) is 0.837. The first-order valence-corrected chi connectivity index (χ1v) is 8.41. The Balaban J connectivity index is 1.52. The van der Waals surface area contributed by atoms with Gasteiger partial charge in [0.1, 0.15) is 18.5 Å². The normalized spacial score (nSPS) is 25.3. The maximum atomic E-state index is 12.3. The van der Waals surface area contributed by atoms with Crippen molar-refractivity contribution < 1.29 is 18.7 Å². The molecule has 0 aliphatic carbocycles. The number of aromatic nitrogens is 1. The fraction of sp³-hybridized carbons (Fsp3) is 0.444. The number of amides is 1. The number of hydrogen-bond donors (Lipinski definition) is 0. The fourth-order valence-electron chi connectivity index (χ4n) is 3.38. The molecule has 4 rings (SSSR count). The molecule has 2 aromatic heterocycles. The first-order chi connectivity index (χ1) is 12.2. The van der Waals surface area contributed by atoms with Gasteiger partial charge in [-0.1, -0.05) is 6.07 Å². The number of rotatable bonds is 3. The largest absolute Gasteiger partial charge is 0.470 e. The highest BCUT2D eigenvalue weighted by Gasteiger charge is 2.43. The summed E-state index contributed by atoms with van der Waals surface area (Å²) in [6.07, 6.45) is 4.96. The van der Waals surface area contributed by atoms with Gasteiger partial charge in [-0.3, -0.25) is 14.7 Å². The SMILES string of the molecule is O=C1CO[C@]2(COCCN(Cc3ccccn3)C2)CN1c1ccoc1. The standard InChI is InChI=1S/C18H21N3O4/c22-17-11-25-18(13-21(17)16-4-7-23-10-16)12-20(6-8-24-14-18)9-15-3-1-2-5-19-15/h1-5,7,10H,6,8-9,11-14H2/t18-/m0/s1. The van der Waals surface area contributed by atoms with Crippen LogP contribution >= 0.6 is 0 Å². The predicted molar refractivity (Wildman–Crippen MR) is 90.1 cm³/mol. The summed E-state index contributed by atoms with van der Waals surface area (Å²) < 4.78 is 16.9. The van der Waals surface area contributed by atoms with Gasteiger partial charge in [0.05, 0.1) is 37.4 Å². The van der Waals surface area contributed by atoms with Crippen LogP contribution in [0.15, 0.2) is 47.4 Å². The van der Waals surface area contributed by atoms with Crippen molar-refractivity contribution in [3.8, 4) is 0 Å². The van der Waals surface area contributed by atoms with Crippen LogP contribution in [0, 0.1) is 0 Å². The molecule has 1 spiro atoms. The van der Waals surface area contributed by atoms with E-state index in [1.165, 1.54) is 0 Å². The number of carbonyl (C=O) groups excluding carboxylic acids is 1. The van der Waals surface area contributed by atoms with Crippen LogP contribution in [0.25, 0.3) is 0 Å². The van der Waals surface area contributed by atoms with E-state index < -0.39 is 5.60 Å². The lowest BCUT2D eigenvalue weighted by Crippen LogP contribution is -2.60. The van der Waals surface area contributed by atoms with Gasteiger partial charge >= 0.3 is 0 Å². The summed E-state index contributed by atoms with van der Waals surface area (Å²) in [5.74, 6) is -0.0625. The molecule has 1 atom stereocenters. The summed E-state index contributed by atoms with van der Waals surface area (Å²) in [4.78, 5) is 20.7. The molecule has 7 heteroatoms. The maximum Gasteiger partial charge on any atom is 0.253 e. The molecule has 132 valence electrons. The summed E-state index contributed by atoms with van der Waals surface area (Å²) in [5, 5.41) is 0. The van der Waals surface area contributed by atoms with Crippen molar-refractivity contribution in [1.29, 1.82) is 0 Å². The molecule has 25 heavy (non-hydrogen) atoms. The van der Waals surface area contributed by atoms with Gasteiger partial charge in [0.25, 0.3) is 5.91 Å². The zero-order valence-corrected chi connectivity index (χ0v) is 14.0. The topological polar surface area (TPSA) is 68.0 Å². The van der Waals surface area contributed by atoms with Gasteiger partial charge in [-0.05, 0) is 12.1 Å². The van der Waals surface area contributed by atoms with E-state index >= 15 is 0 Å². The zero-order valence-electron chi connectivity index (χ0n) is 14.0. The van der Waals surface area contributed by atoms with E-state index in [0.717, 1.165) is 24.5 Å². The van der Waals surface area contributed by atoms with Crippen LogP contribution in [0.4, 0.5) is 5.69 Å². The van der Waals surface area contributed by atoms with Gasteiger partial charge in [-0.25, -0.2) is 0 Å². The minimum atomic E-state index is -0.545. The fourth-order valence-corrected chi connectivity index (χ4v) is 3.38. The van der Waals surface area contributed by atoms with E-state index in [2.05, 4.69) is 9.88 Å². The van der Waals surface area contributed by atoms with Gasteiger partial charge in [-0.2, -0.15) is 0 Å². The highest BCUT2D eigenvalue weighted by molar-refractivity contribution is 5.95. The Hall–Kier alpha value is -2.22. The smallest absolute Gasteiger partial charge is 0.253 e. The molecule has 2 saturated heterocycles. The summed E-state index contributed by atoms with van der Waals surface area (Å²) in [5.41, 5.74) is 1.22. The van der Waals surface area contributed by atoms with E-state index in [9.17, 15) is 4.79 Å². The van der Waals surface area contributed by atoms with Crippen LogP contribution in [0.1, 0.15) is 5.69 Å². The second kappa shape index (κ2) is 6.95. The second-order valence-electron chi connectivity index (χ2n) is 6.52. The van der Waals surface area contributed by atoms with Crippen molar-refractivity contribution >= 4 is 11.6 Å². The van der Waals surface area contributed by atoms with Gasteiger partial charge in [0.15, 0.2) is 0 Å². The van der Waals surface area contributed by atoms with Gasteiger partial charge < -0.3 is 18.8 Å². The Morgan fingerprint density at radius 2 is 2.20 bits per heavy atom. The molecular weight excluding hydrogens is 322 g/mol. The summed E-state index contributed by atoms with van der Waals surface area (Å²) in [6, 6.07) is 7.71. The molecule has 0 radical (unpaired) electrons. The van der Waals surface area contributed by atoms with E-state index in [4.69, 9.17) is 13.9 Å². The molecule has 0 aromatic carbocycles. The van der Waals surface area contributed by atoms with Crippen LogP contribution in [0.5, 0.6) is 0 Å².